The Morgan fingerprint density at radius 1 is 1.44 bits per heavy atom. The van der Waals surface area contributed by atoms with Crippen molar-refractivity contribution >= 4 is 17.4 Å². The van der Waals surface area contributed by atoms with Crippen LogP contribution in [0.4, 0.5) is 5.82 Å². The Labute approximate surface area is 113 Å². The third-order valence-electron chi connectivity index (χ3n) is 3.31. The van der Waals surface area contributed by atoms with Crippen molar-refractivity contribution in [2.75, 3.05) is 25.1 Å². The first-order valence-corrected chi connectivity index (χ1v) is 6.89. The predicted octanol–water partition coefficient (Wildman–Crippen LogP) is 2.90. The molecule has 0 atom stereocenters. The van der Waals surface area contributed by atoms with Gasteiger partial charge in [-0.15, -0.1) is 0 Å². The van der Waals surface area contributed by atoms with Crippen molar-refractivity contribution in [3.63, 3.8) is 0 Å². The molecule has 5 heteroatoms. The molecule has 0 spiro atoms. The second-order valence-corrected chi connectivity index (χ2v) is 5.17. The number of ether oxygens (including phenoxy) is 1. The lowest BCUT2D eigenvalue weighted by atomic mass is 9.85. The molecule has 1 fully saturated rings. The number of hydrogen-bond donors (Lipinski definition) is 0. The average molecular weight is 270 g/mol. The van der Waals surface area contributed by atoms with Crippen molar-refractivity contribution in [1.82, 2.24) is 9.97 Å². The van der Waals surface area contributed by atoms with Crippen molar-refractivity contribution in [3.05, 3.63) is 17.0 Å². The fraction of sp³-hybridized carbons (Fsp3) is 0.692. The minimum atomic E-state index is 0.418. The molecular weight excluding hydrogens is 250 g/mol. The Balaban J connectivity index is 2.03. The zero-order valence-electron chi connectivity index (χ0n) is 11.0. The van der Waals surface area contributed by atoms with Crippen molar-refractivity contribution in [2.45, 2.75) is 32.8 Å². The fourth-order valence-corrected chi connectivity index (χ4v) is 2.26. The van der Waals surface area contributed by atoms with E-state index in [4.69, 9.17) is 16.3 Å². The fourth-order valence-electron chi connectivity index (χ4n) is 2.06. The molecule has 0 radical (unpaired) electrons. The van der Waals surface area contributed by atoms with Gasteiger partial charge in [-0.2, -0.15) is 0 Å². The summed E-state index contributed by atoms with van der Waals surface area (Å²) in [7, 11) is 2.06. The Bertz CT molecular complexity index is 396. The molecular formula is C13H20ClN3O. The summed E-state index contributed by atoms with van der Waals surface area (Å²) in [5.74, 6) is 2.34. The van der Waals surface area contributed by atoms with Gasteiger partial charge in [-0.05, 0) is 25.7 Å². The first-order valence-electron chi connectivity index (χ1n) is 6.51. The molecule has 0 amide bonds. The first kappa shape index (κ1) is 13.6. The van der Waals surface area contributed by atoms with Gasteiger partial charge in [-0.3, -0.25) is 0 Å². The average Bonchev–Trinajstić information content (AvgIpc) is 2.30. The highest BCUT2D eigenvalue weighted by atomic mass is 35.5. The summed E-state index contributed by atoms with van der Waals surface area (Å²) in [5, 5.41) is 0.482. The van der Waals surface area contributed by atoms with Crippen LogP contribution in [0.1, 0.15) is 32.0 Å². The molecule has 100 valence electrons. The van der Waals surface area contributed by atoms with Crippen LogP contribution in [-0.2, 0) is 11.3 Å². The normalized spacial score (nSPS) is 15.5. The molecule has 0 aromatic carbocycles. The third kappa shape index (κ3) is 3.56. The molecule has 1 saturated carbocycles. The molecule has 1 heterocycles. The standard InChI is InChI=1S/C13H20ClN3O/c1-3-18-9-12-15-11(14)7-13(16-12)17(2)8-10-5-4-6-10/h7,10H,3-6,8-9H2,1-2H3. The molecule has 0 N–H and O–H groups in total. The number of rotatable bonds is 6. The Kier molecular flexibility index (Phi) is 4.78. The highest BCUT2D eigenvalue weighted by Gasteiger charge is 2.20. The van der Waals surface area contributed by atoms with Crippen LogP contribution >= 0.6 is 11.6 Å². The molecule has 0 saturated heterocycles. The van der Waals surface area contributed by atoms with Gasteiger partial charge < -0.3 is 9.64 Å². The quantitative estimate of drug-likeness (QED) is 0.745. The molecule has 0 unspecified atom stereocenters. The first-order chi connectivity index (χ1) is 8.69. The van der Waals surface area contributed by atoms with Crippen LogP contribution in [0.2, 0.25) is 5.15 Å². The van der Waals surface area contributed by atoms with E-state index in [1.165, 1.54) is 19.3 Å². The minimum Gasteiger partial charge on any atom is -0.374 e. The predicted molar refractivity (Wildman–Crippen MR) is 73.0 cm³/mol. The van der Waals surface area contributed by atoms with E-state index in [0.717, 1.165) is 18.3 Å². The van der Waals surface area contributed by atoms with Crippen LogP contribution in [0.25, 0.3) is 0 Å². The molecule has 1 aliphatic rings. The molecule has 0 aliphatic heterocycles. The summed E-state index contributed by atoms with van der Waals surface area (Å²) >= 11 is 6.02. The number of aromatic nitrogens is 2. The van der Waals surface area contributed by atoms with Crippen molar-refractivity contribution in [1.29, 1.82) is 0 Å². The number of anilines is 1. The van der Waals surface area contributed by atoms with Crippen molar-refractivity contribution < 1.29 is 4.74 Å². The molecule has 1 aromatic rings. The van der Waals surface area contributed by atoms with Crippen LogP contribution in [0, 0.1) is 5.92 Å². The monoisotopic (exact) mass is 269 g/mol. The van der Waals surface area contributed by atoms with E-state index in [9.17, 15) is 0 Å². The van der Waals surface area contributed by atoms with Gasteiger partial charge in [-0.1, -0.05) is 18.0 Å². The SMILES string of the molecule is CCOCc1nc(Cl)cc(N(C)CC2CCC2)n1. The van der Waals surface area contributed by atoms with Gasteiger partial charge in [0, 0.05) is 26.3 Å². The molecule has 1 aromatic heterocycles. The topological polar surface area (TPSA) is 38.2 Å². The van der Waals surface area contributed by atoms with Gasteiger partial charge in [0.1, 0.15) is 17.6 Å². The lowest BCUT2D eigenvalue weighted by Crippen LogP contribution is -2.30. The van der Waals surface area contributed by atoms with Crippen LogP contribution < -0.4 is 4.90 Å². The summed E-state index contributed by atoms with van der Waals surface area (Å²) in [5.41, 5.74) is 0. The Hall–Kier alpha value is -0.870. The maximum Gasteiger partial charge on any atom is 0.158 e. The lowest BCUT2D eigenvalue weighted by molar-refractivity contribution is 0.128. The Morgan fingerprint density at radius 3 is 2.83 bits per heavy atom. The summed E-state index contributed by atoms with van der Waals surface area (Å²) < 4.78 is 5.32. The van der Waals surface area contributed by atoms with E-state index in [0.29, 0.717) is 24.2 Å². The van der Waals surface area contributed by atoms with Crippen LogP contribution in [-0.4, -0.2) is 30.2 Å². The highest BCUT2D eigenvalue weighted by Crippen LogP contribution is 2.28. The summed E-state index contributed by atoms with van der Waals surface area (Å²) in [6, 6.07) is 1.82. The van der Waals surface area contributed by atoms with Gasteiger partial charge >= 0.3 is 0 Å². The summed E-state index contributed by atoms with van der Waals surface area (Å²) in [6.45, 7) is 4.07. The van der Waals surface area contributed by atoms with E-state index in [1.807, 2.05) is 13.0 Å². The molecule has 18 heavy (non-hydrogen) atoms. The maximum absolute atomic E-state index is 6.02. The number of hydrogen-bond acceptors (Lipinski definition) is 4. The van der Waals surface area contributed by atoms with E-state index >= 15 is 0 Å². The largest absolute Gasteiger partial charge is 0.374 e. The van der Waals surface area contributed by atoms with E-state index in [-0.39, 0.29) is 0 Å². The number of nitrogens with zero attached hydrogens (tertiary/aromatic N) is 3. The van der Waals surface area contributed by atoms with E-state index in [2.05, 4.69) is 21.9 Å². The van der Waals surface area contributed by atoms with Gasteiger partial charge in [0.2, 0.25) is 0 Å². The van der Waals surface area contributed by atoms with Gasteiger partial charge in [0.05, 0.1) is 0 Å². The van der Waals surface area contributed by atoms with Crippen molar-refractivity contribution in [2.24, 2.45) is 5.92 Å². The Morgan fingerprint density at radius 2 is 2.22 bits per heavy atom. The van der Waals surface area contributed by atoms with Crippen LogP contribution in [0.5, 0.6) is 0 Å². The van der Waals surface area contributed by atoms with Gasteiger partial charge in [0.25, 0.3) is 0 Å². The van der Waals surface area contributed by atoms with Gasteiger partial charge in [0.15, 0.2) is 5.82 Å². The molecule has 2 rings (SSSR count). The van der Waals surface area contributed by atoms with Crippen molar-refractivity contribution in [3.8, 4) is 0 Å². The lowest BCUT2D eigenvalue weighted by Gasteiger charge is -2.30. The zero-order chi connectivity index (χ0) is 13.0. The molecule has 1 aliphatic carbocycles. The van der Waals surface area contributed by atoms with Crippen LogP contribution in [0.3, 0.4) is 0 Å². The van der Waals surface area contributed by atoms with E-state index in [1.54, 1.807) is 0 Å². The third-order valence-corrected chi connectivity index (χ3v) is 3.50. The minimum absolute atomic E-state index is 0.418. The van der Waals surface area contributed by atoms with E-state index < -0.39 is 0 Å². The second-order valence-electron chi connectivity index (χ2n) is 4.78. The maximum atomic E-state index is 6.02. The van der Waals surface area contributed by atoms with Crippen LogP contribution in [0.15, 0.2) is 6.07 Å². The highest BCUT2D eigenvalue weighted by molar-refractivity contribution is 6.29. The molecule has 0 bridgehead atoms. The van der Waals surface area contributed by atoms with Gasteiger partial charge in [-0.25, -0.2) is 9.97 Å². The summed E-state index contributed by atoms with van der Waals surface area (Å²) in [4.78, 5) is 10.8. The smallest absolute Gasteiger partial charge is 0.158 e. The summed E-state index contributed by atoms with van der Waals surface area (Å²) in [6.07, 6.45) is 4.02. The zero-order valence-corrected chi connectivity index (χ0v) is 11.8. The molecule has 4 nitrogen and oxygen atoms in total. The second kappa shape index (κ2) is 6.34. The number of halogens is 1.